The summed E-state index contributed by atoms with van der Waals surface area (Å²) in [5.74, 6) is 1.22. The van der Waals surface area contributed by atoms with Crippen LogP contribution < -0.4 is 5.32 Å². The second-order valence-corrected chi connectivity index (χ2v) is 4.80. The van der Waals surface area contributed by atoms with Crippen molar-refractivity contribution in [1.29, 1.82) is 0 Å². The number of nitrogens with zero attached hydrogens (tertiary/aromatic N) is 2. The fraction of sp³-hybridized carbons (Fsp3) is 0.385. The molecule has 0 aliphatic carbocycles. The monoisotopic (exact) mass is 263 g/mol. The Morgan fingerprint density at radius 1 is 1.28 bits per heavy atom. The minimum absolute atomic E-state index is 0.122. The van der Waals surface area contributed by atoms with Crippen LogP contribution in [-0.4, -0.2) is 23.5 Å². The van der Waals surface area contributed by atoms with Crippen molar-refractivity contribution in [3.63, 3.8) is 0 Å². The van der Waals surface area contributed by atoms with Crippen LogP contribution in [0.1, 0.15) is 25.3 Å². The number of benzene rings is 1. The fourth-order valence-corrected chi connectivity index (χ4v) is 2.14. The topological polar surface area (TPSA) is 51.0 Å². The molecule has 1 aromatic carbocycles. The van der Waals surface area contributed by atoms with Gasteiger partial charge in [0.1, 0.15) is 0 Å². The van der Waals surface area contributed by atoms with Crippen LogP contribution in [0.5, 0.6) is 0 Å². The summed E-state index contributed by atoms with van der Waals surface area (Å²) in [6, 6.07) is 8.24. The third-order valence-electron chi connectivity index (χ3n) is 2.83. The van der Waals surface area contributed by atoms with E-state index in [-0.39, 0.29) is 6.04 Å². The standard InChI is InChI=1S/C13H17N3OS/c1-4-11(14-2)13-16-15-12(17-13)9-5-7-10(18-3)8-6-9/h5-8,11,14H,4H2,1-3H3. The molecule has 0 spiro atoms. The van der Waals surface area contributed by atoms with E-state index >= 15 is 0 Å². The van der Waals surface area contributed by atoms with Gasteiger partial charge in [0.15, 0.2) is 0 Å². The summed E-state index contributed by atoms with van der Waals surface area (Å²) >= 11 is 1.71. The van der Waals surface area contributed by atoms with Gasteiger partial charge in [0.25, 0.3) is 0 Å². The van der Waals surface area contributed by atoms with Gasteiger partial charge in [0.05, 0.1) is 6.04 Å². The molecule has 2 aromatic rings. The van der Waals surface area contributed by atoms with Crippen molar-refractivity contribution in [3.8, 4) is 11.5 Å². The van der Waals surface area contributed by atoms with Crippen molar-refractivity contribution in [2.24, 2.45) is 0 Å². The van der Waals surface area contributed by atoms with Gasteiger partial charge in [-0.05, 0) is 44.0 Å². The summed E-state index contributed by atoms with van der Waals surface area (Å²) in [5, 5.41) is 11.3. The third kappa shape index (κ3) is 2.73. The predicted octanol–water partition coefficient (Wildman–Crippen LogP) is 3.13. The molecule has 1 unspecified atom stereocenters. The highest BCUT2D eigenvalue weighted by molar-refractivity contribution is 7.98. The van der Waals surface area contributed by atoms with Gasteiger partial charge >= 0.3 is 0 Å². The number of nitrogens with one attached hydrogen (secondary N) is 1. The van der Waals surface area contributed by atoms with Gasteiger partial charge < -0.3 is 9.73 Å². The molecule has 1 atom stereocenters. The van der Waals surface area contributed by atoms with E-state index in [4.69, 9.17) is 4.42 Å². The molecule has 0 aliphatic heterocycles. The van der Waals surface area contributed by atoms with Crippen molar-refractivity contribution in [2.75, 3.05) is 13.3 Å². The molecule has 0 fully saturated rings. The summed E-state index contributed by atoms with van der Waals surface area (Å²) in [5.41, 5.74) is 0.956. The molecule has 18 heavy (non-hydrogen) atoms. The molecule has 96 valence electrons. The molecule has 0 aliphatic rings. The average Bonchev–Trinajstić information content (AvgIpc) is 2.90. The Labute approximate surface area is 111 Å². The third-order valence-corrected chi connectivity index (χ3v) is 3.58. The molecule has 0 saturated heterocycles. The molecule has 0 radical (unpaired) electrons. The zero-order chi connectivity index (χ0) is 13.0. The summed E-state index contributed by atoms with van der Waals surface area (Å²) < 4.78 is 5.70. The van der Waals surface area contributed by atoms with Crippen LogP contribution in [0.25, 0.3) is 11.5 Å². The highest BCUT2D eigenvalue weighted by Gasteiger charge is 2.15. The van der Waals surface area contributed by atoms with Gasteiger partial charge in [-0.1, -0.05) is 6.92 Å². The number of hydrogen-bond acceptors (Lipinski definition) is 5. The maximum atomic E-state index is 5.70. The SMILES string of the molecule is CCC(NC)c1nnc(-c2ccc(SC)cc2)o1. The minimum Gasteiger partial charge on any atom is -0.419 e. The van der Waals surface area contributed by atoms with Crippen molar-refractivity contribution >= 4 is 11.8 Å². The highest BCUT2D eigenvalue weighted by atomic mass is 32.2. The lowest BCUT2D eigenvalue weighted by Crippen LogP contribution is -2.15. The van der Waals surface area contributed by atoms with Crippen molar-refractivity contribution in [1.82, 2.24) is 15.5 Å². The number of aromatic nitrogens is 2. The van der Waals surface area contributed by atoms with Crippen molar-refractivity contribution < 1.29 is 4.42 Å². The van der Waals surface area contributed by atoms with Crippen LogP contribution in [0.3, 0.4) is 0 Å². The fourth-order valence-electron chi connectivity index (χ4n) is 1.73. The van der Waals surface area contributed by atoms with Crippen LogP contribution in [0.15, 0.2) is 33.6 Å². The lowest BCUT2D eigenvalue weighted by molar-refractivity contribution is 0.415. The molecule has 0 bridgehead atoms. The Kier molecular flexibility index (Phi) is 4.38. The van der Waals surface area contributed by atoms with E-state index in [0.29, 0.717) is 11.8 Å². The van der Waals surface area contributed by atoms with Crippen LogP contribution in [0, 0.1) is 0 Å². The van der Waals surface area contributed by atoms with E-state index in [1.54, 1.807) is 11.8 Å². The van der Waals surface area contributed by atoms with Crippen molar-refractivity contribution in [2.45, 2.75) is 24.3 Å². The Bertz CT molecular complexity index is 491. The zero-order valence-electron chi connectivity index (χ0n) is 10.8. The first-order valence-corrected chi connectivity index (χ1v) is 7.16. The summed E-state index contributed by atoms with van der Waals surface area (Å²) in [6.45, 7) is 2.08. The molecule has 4 nitrogen and oxygen atoms in total. The van der Waals surface area contributed by atoms with Crippen LogP contribution in [0.4, 0.5) is 0 Å². The van der Waals surface area contributed by atoms with E-state index in [2.05, 4.69) is 40.8 Å². The number of thioether (sulfide) groups is 1. The van der Waals surface area contributed by atoms with Crippen LogP contribution >= 0.6 is 11.8 Å². The summed E-state index contributed by atoms with van der Waals surface area (Å²) in [4.78, 5) is 1.22. The summed E-state index contributed by atoms with van der Waals surface area (Å²) in [7, 11) is 1.89. The maximum Gasteiger partial charge on any atom is 0.247 e. The molecule has 1 heterocycles. The van der Waals surface area contributed by atoms with Gasteiger partial charge in [-0.3, -0.25) is 0 Å². The molecule has 1 aromatic heterocycles. The van der Waals surface area contributed by atoms with Gasteiger partial charge in [0.2, 0.25) is 11.8 Å². The number of rotatable bonds is 5. The van der Waals surface area contributed by atoms with Crippen molar-refractivity contribution in [3.05, 3.63) is 30.2 Å². The van der Waals surface area contributed by atoms with Gasteiger partial charge in [-0.15, -0.1) is 22.0 Å². The first kappa shape index (κ1) is 13.1. The lowest BCUT2D eigenvalue weighted by Gasteiger charge is -2.07. The van der Waals surface area contributed by atoms with Gasteiger partial charge in [-0.25, -0.2) is 0 Å². The van der Waals surface area contributed by atoms with E-state index in [1.807, 2.05) is 19.2 Å². The smallest absolute Gasteiger partial charge is 0.247 e. The van der Waals surface area contributed by atoms with Gasteiger partial charge in [-0.2, -0.15) is 0 Å². The highest BCUT2D eigenvalue weighted by Crippen LogP contribution is 2.24. The predicted molar refractivity (Wildman–Crippen MR) is 73.6 cm³/mol. The Balaban J connectivity index is 2.23. The molecule has 2 rings (SSSR count). The average molecular weight is 263 g/mol. The molecule has 1 N–H and O–H groups in total. The minimum atomic E-state index is 0.122. The Hall–Kier alpha value is -1.33. The molecule has 0 amide bonds. The van der Waals surface area contributed by atoms with E-state index in [9.17, 15) is 0 Å². The maximum absolute atomic E-state index is 5.70. The molecule has 5 heteroatoms. The Morgan fingerprint density at radius 3 is 2.56 bits per heavy atom. The van der Waals surface area contributed by atoms with Gasteiger partial charge in [0, 0.05) is 10.5 Å². The Morgan fingerprint density at radius 2 is 2.00 bits per heavy atom. The normalized spacial score (nSPS) is 12.6. The summed E-state index contributed by atoms with van der Waals surface area (Å²) in [6.07, 6.45) is 2.97. The lowest BCUT2D eigenvalue weighted by atomic mass is 10.2. The first-order valence-electron chi connectivity index (χ1n) is 5.93. The largest absolute Gasteiger partial charge is 0.419 e. The second kappa shape index (κ2) is 6.02. The molecular weight excluding hydrogens is 246 g/mol. The quantitative estimate of drug-likeness (QED) is 0.840. The van der Waals surface area contributed by atoms with E-state index in [1.165, 1.54) is 4.90 Å². The van der Waals surface area contributed by atoms with E-state index < -0.39 is 0 Å². The number of hydrogen-bond donors (Lipinski definition) is 1. The van der Waals surface area contributed by atoms with Crippen LogP contribution in [-0.2, 0) is 0 Å². The second-order valence-electron chi connectivity index (χ2n) is 3.92. The molecule has 0 saturated carbocycles. The first-order chi connectivity index (χ1) is 8.78. The van der Waals surface area contributed by atoms with E-state index in [0.717, 1.165) is 12.0 Å². The molecular formula is C13H17N3OS. The van der Waals surface area contributed by atoms with Crippen LogP contribution in [0.2, 0.25) is 0 Å². The zero-order valence-corrected chi connectivity index (χ0v) is 11.6.